The number of nitrogens with one attached hydrogen (secondary N) is 4. The molecular weight excluding hydrogens is 463 g/mol. The Balaban J connectivity index is 0.000000383. The minimum absolute atomic E-state index is 0.0226. The number of carboxylic acids is 1. The molecule has 0 fully saturated rings. The fourth-order valence-electron chi connectivity index (χ4n) is 3.62. The van der Waals surface area contributed by atoms with Crippen molar-refractivity contribution in [2.75, 3.05) is 13.1 Å². The average molecular weight is 485 g/mol. The number of aromatic amines is 2. The van der Waals surface area contributed by atoms with E-state index in [1.54, 1.807) is 17.5 Å². The zero-order valence-electron chi connectivity index (χ0n) is 17.7. The van der Waals surface area contributed by atoms with E-state index in [0.717, 1.165) is 18.5 Å². The minimum atomic E-state index is -5.08. The quantitative estimate of drug-likeness (QED) is 0.385. The molecule has 1 atom stereocenters. The van der Waals surface area contributed by atoms with Gasteiger partial charge in [-0.3, -0.25) is 19.8 Å². The van der Waals surface area contributed by atoms with Crippen molar-refractivity contribution in [3.05, 3.63) is 49.6 Å². The molecule has 9 nitrogen and oxygen atoms in total. The number of carbonyl (C=O) groups excluding carboxylic acids is 1. The van der Waals surface area contributed by atoms with Crippen molar-refractivity contribution in [2.24, 2.45) is 0 Å². The molecule has 0 aliphatic carbocycles. The van der Waals surface area contributed by atoms with Gasteiger partial charge in [0.05, 0.1) is 17.0 Å². The molecule has 1 unspecified atom stereocenters. The van der Waals surface area contributed by atoms with Crippen molar-refractivity contribution >= 4 is 34.2 Å². The lowest BCUT2D eigenvalue weighted by molar-refractivity contribution is -0.192. The molecular formula is C20H22F3N5O4S. The fourth-order valence-corrected chi connectivity index (χ4v) is 4.56. The van der Waals surface area contributed by atoms with E-state index in [-0.39, 0.29) is 23.4 Å². The molecule has 3 aromatic rings. The van der Waals surface area contributed by atoms with E-state index in [9.17, 15) is 22.8 Å². The fraction of sp³-hybridized carbons (Fsp3) is 0.400. The van der Waals surface area contributed by atoms with Crippen LogP contribution in [0.1, 0.15) is 52.2 Å². The number of halogens is 3. The second kappa shape index (κ2) is 9.75. The number of fused-ring (bicyclic) bond motifs is 2. The summed E-state index contributed by atoms with van der Waals surface area (Å²) in [6, 6.07) is 2.24. The Morgan fingerprint density at radius 3 is 2.67 bits per heavy atom. The van der Waals surface area contributed by atoms with Gasteiger partial charge in [-0.2, -0.15) is 13.2 Å². The highest BCUT2D eigenvalue weighted by Gasteiger charge is 2.38. The maximum Gasteiger partial charge on any atom is 0.490 e. The number of pyridine rings is 1. The standard InChI is InChI=1S/C18H21N5O2S.C2HF3O2/c1-9(2)14-11(7-20-16-15(14)18(25)23-22-16)17(24)21-8-12-10-4-6-26-13(10)3-5-19-12;3-2(4,5)1(6)7/h4,6-7,9,12,19H,3,5,8H2,1-2H3,(H,21,24)(H2,20,22,23,25);(H,6,7). The minimum Gasteiger partial charge on any atom is -0.475 e. The molecule has 178 valence electrons. The summed E-state index contributed by atoms with van der Waals surface area (Å²) >= 11 is 1.77. The van der Waals surface area contributed by atoms with Crippen LogP contribution in [0.2, 0.25) is 0 Å². The number of H-pyrrole nitrogens is 2. The number of aliphatic carboxylic acids is 1. The zero-order valence-corrected chi connectivity index (χ0v) is 18.5. The Morgan fingerprint density at radius 1 is 1.33 bits per heavy atom. The van der Waals surface area contributed by atoms with Crippen LogP contribution >= 0.6 is 11.3 Å². The van der Waals surface area contributed by atoms with Gasteiger partial charge in [-0.25, -0.2) is 9.78 Å². The molecule has 4 rings (SSSR count). The van der Waals surface area contributed by atoms with Crippen LogP contribution in [0.3, 0.4) is 0 Å². The molecule has 1 aliphatic rings. The van der Waals surface area contributed by atoms with E-state index >= 15 is 0 Å². The molecule has 5 N–H and O–H groups in total. The van der Waals surface area contributed by atoms with Crippen LogP contribution in [0.5, 0.6) is 0 Å². The molecule has 0 aromatic carbocycles. The second-order valence-corrected chi connectivity index (χ2v) is 8.61. The maximum absolute atomic E-state index is 12.8. The third-order valence-electron chi connectivity index (χ3n) is 5.07. The van der Waals surface area contributed by atoms with Gasteiger partial charge in [0.25, 0.3) is 11.5 Å². The van der Waals surface area contributed by atoms with E-state index in [1.807, 2.05) is 13.8 Å². The van der Waals surface area contributed by atoms with Gasteiger partial charge < -0.3 is 15.7 Å². The molecule has 0 saturated carbocycles. The summed E-state index contributed by atoms with van der Waals surface area (Å²) in [7, 11) is 0. The topological polar surface area (TPSA) is 140 Å². The van der Waals surface area contributed by atoms with E-state index in [1.165, 1.54) is 10.4 Å². The van der Waals surface area contributed by atoms with Crippen LogP contribution in [0, 0.1) is 0 Å². The monoisotopic (exact) mass is 485 g/mol. The Kier molecular flexibility index (Phi) is 7.22. The summed E-state index contributed by atoms with van der Waals surface area (Å²) in [6.45, 7) is 5.36. The SMILES string of the molecule is CC(C)c1c(C(=O)NCC2NCCc3sccc32)cnc2[nH][nH]c(=O)c12.O=C(O)C(F)(F)F. The molecule has 13 heteroatoms. The number of carboxylic acid groups (broad SMARTS) is 1. The highest BCUT2D eigenvalue weighted by atomic mass is 32.1. The number of carbonyl (C=O) groups is 2. The van der Waals surface area contributed by atoms with Crippen LogP contribution < -0.4 is 16.2 Å². The van der Waals surface area contributed by atoms with Crippen LogP contribution in [0.15, 0.2) is 22.4 Å². The number of alkyl halides is 3. The summed E-state index contributed by atoms with van der Waals surface area (Å²) in [6.07, 6.45) is -2.51. The third kappa shape index (κ3) is 5.42. The van der Waals surface area contributed by atoms with E-state index in [4.69, 9.17) is 9.90 Å². The van der Waals surface area contributed by atoms with Gasteiger partial charge >= 0.3 is 12.1 Å². The Labute approximate surface area is 189 Å². The lowest BCUT2D eigenvalue weighted by Gasteiger charge is -2.24. The lowest BCUT2D eigenvalue weighted by Crippen LogP contribution is -2.38. The van der Waals surface area contributed by atoms with E-state index < -0.39 is 12.1 Å². The zero-order chi connectivity index (χ0) is 24.3. The van der Waals surface area contributed by atoms with Crippen molar-refractivity contribution in [1.29, 1.82) is 0 Å². The van der Waals surface area contributed by atoms with Crippen LogP contribution in [-0.4, -0.2) is 51.4 Å². The average Bonchev–Trinajstić information content (AvgIpc) is 3.38. The van der Waals surface area contributed by atoms with Crippen LogP contribution in [0.4, 0.5) is 13.2 Å². The van der Waals surface area contributed by atoms with E-state index in [2.05, 4.69) is 37.3 Å². The number of hydrogen-bond donors (Lipinski definition) is 5. The van der Waals surface area contributed by atoms with Gasteiger partial charge in [0.1, 0.15) is 0 Å². The van der Waals surface area contributed by atoms with Gasteiger partial charge in [0.15, 0.2) is 5.65 Å². The first-order valence-electron chi connectivity index (χ1n) is 9.97. The second-order valence-electron chi connectivity index (χ2n) is 7.61. The summed E-state index contributed by atoms with van der Waals surface area (Å²) in [4.78, 5) is 39.5. The van der Waals surface area contributed by atoms with Crippen molar-refractivity contribution in [3.8, 4) is 0 Å². The molecule has 3 aromatic heterocycles. The molecule has 33 heavy (non-hydrogen) atoms. The molecule has 4 heterocycles. The Bertz CT molecular complexity index is 1210. The number of rotatable bonds is 4. The Morgan fingerprint density at radius 2 is 2.03 bits per heavy atom. The lowest BCUT2D eigenvalue weighted by atomic mass is 9.95. The maximum atomic E-state index is 12.8. The first kappa shape index (κ1) is 24.5. The number of aromatic nitrogens is 3. The van der Waals surface area contributed by atoms with E-state index in [0.29, 0.717) is 23.1 Å². The smallest absolute Gasteiger partial charge is 0.475 e. The third-order valence-corrected chi connectivity index (χ3v) is 6.07. The molecule has 1 amide bonds. The van der Waals surface area contributed by atoms with Gasteiger partial charge in [-0.15, -0.1) is 11.3 Å². The largest absolute Gasteiger partial charge is 0.490 e. The van der Waals surface area contributed by atoms with Gasteiger partial charge in [0.2, 0.25) is 0 Å². The molecule has 0 spiro atoms. The Hall–Kier alpha value is -3.19. The van der Waals surface area contributed by atoms with Crippen molar-refractivity contribution in [3.63, 3.8) is 0 Å². The van der Waals surface area contributed by atoms with Crippen LogP contribution in [0.25, 0.3) is 11.0 Å². The highest BCUT2D eigenvalue weighted by Crippen LogP contribution is 2.28. The number of thiophene rings is 1. The predicted molar refractivity (Wildman–Crippen MR) is 116 cm³/mol. The van der Waals surface area contributed by atoms with Gasteiger partial charge in [-0.05, 0) is 34.9 Å². The molecule has 1 aliphatic heterocycles. The summed E-state index contributed by atoms with van der Waals surface area (Å²) in [5.41, 5.74) is 2.68. The number of hydrogen-bond acceptors (Lipinski definition) is 6. The summed E-state index contributed by atoms with van der Waals surface area (Å²) < 4.78 is 31.7. The normalized spacial score (nSPS) is 15.6. The summed E-state index contributed by atoms with van der Waals surface area (Å²) in [5, 5.41) is 21.4. The predicted octanol–water partition coefficient (Wildman–Crippen LogP) is 2.69. The first-order chi connectivity index (χ1) is 15.5. The van der Waals surface area contributed by atoms with Gasteiger partial charge in [-0.1, -0.05) is 13.8 Å². The molecule has 0 radical (unpaired) electrons. The van der Waals surface area contributed by atoms with Crippen LogP contribution in [-0.2, 0) is 11.2 Å². The van der Waals surface area contributed by atoms with Crippen molar-refractivity contribution < 1.29 is 27.9 Å². The summed E-state index contributed by atoms with van der Waals surface area (Å²) in [5.74, 6) is -2.94. The van der Waals surface area contributed by atoms with Crippen molar-refractivity contribution in [1.82, 2.24) is 25.8 Å². The van der Waals surface area contributed by atoms with Gasteiger partial charge in [0, 0.05) is 24.2 Å². The molecule has 0 saturated heterocycles. The van der Waals surface area contributed by atoms with Crippen molar-refractivity contribution in [2.45, 2.75) is 38.4 Å². The first-order valence-corrected chi connectivity index (χ1v) is 10.9. The molecule has 0 bridgehead atoms. The number of nitrogens with zero attached hydrogens (tertiary/aromatic N) is 1. The highest BCUT2D eigenvalue weighted by molar-refractivity contribution is 7.10. The number of amides is 1.